The smallest absolute Gasteiger partial charge is 0.343 e. The van der Waals surface area contributed by atoms with Crippen molar-refractivity contribution in [2.75, 3.05) is 14.2 Å². The Morgan fingerprint density at radius 2 is 2.07 bits per heavy atom. The molecule has 0 amide bonds. The number of ether oxygens (including phenoxy) is 3. The van der Waals surface area contributed by atoms with Gasteiger partial charge in [-0.05, 0) is 12.5 Å². The highest BCUT2D eigenvalue weighted by Crippen LogP contribution is 2.46. The van der Waals surface area contributed by atoms with E-state index in [9.17, 15) is 10.1 Å². The molecule has 1 aromatic carbocycles. The lowest BCUT2D eigenvalue weighted by atomic mass is 9.83. The Bertz CT molecular complexity index is 1000. The van der Waals surface area contributed by atoms with Crippen molar-refractivity contribution in [1.82, 2.24) is 0 Å². The Morgan fingerprint density at radius 3 is 2.70 bits per heavy atom. The number of methoxy groups -OCH3 is 2. The van der Waals surface area contributed by atoms with Gasteiger partial charge in [-0.3, -0.25) is 0 Å². The van der Waals surface area contributed by atoms with Crippen molar-refractivity contribution in [2.45, 2.75) is 25.7 Å². The van der Waals surface area contributed by atoms with Gasteiger partial charge >= 0.3 is 5.63 Å². The second-order valence-corrected chi connectivity index (χ2v) is 6.04. The third-order valence-electron chi connectivity index (χ3n) is 4.43. The Morgan fingerprint density at radius 1 is 1.30 bits per heavy atom. The molecule has 2 aromatic rings. The van der Waals surface area contributed by atoms with Gasteiger partial charge in [0.1, 0.15) is 23.2 Å². The van der Waals surface area contributed by atoms with Crippen LogP contribution in [0.4, 0.5) is 0 Å². The summed E-state index contributed by atoms with van der Waals surface area (Å²) >= 11 is 0. The van der Waals surface area contributed by atoms with E-state index in [2.05, 4.69) is 6.07 Å². The number of hydrogen-bond donors (Lipinski definition) is 1. The van der Waals surface area contributed by atoms with E-state index in [1.807, 2.05) is 6.92 Å². The minimum atomic E-state index is -0.782. The maximum Gasteiger partial charge on any atom is 0.343 e. The van der Waals surface area contributed by atoms with Crippen LogP contribution in [0.15, 0.2) is 44.9 Å². The Labute approximate surface area is 156 Å². The molecule has 7 heteroatoms. The van der Waals surface area contributed by atoms with E-state index in [-0.39, 0.29) is 17.0 Å². The van der Waals surface area contributed by atoms with Crippen molar-refractivity contribution in [3.05, 3.63) is 63.0 Å². The summed E-state index contributed by atoms with van der Waals surface area (Å²) in [5.74, 6) is 0.858. The van der Waals surface area contributed by atoms with Crippen LogP contribution in [0.25, 0.3) is 0 Å². The lowest BCUT2D eigenvalue weighted by molar-refractivity contribution is 0.345. The predicted molar refractivity (Wildman–Crippen MR) is 97.8 cm³/mol. The van der Waals surface area contributed by atoms with Crippen LogP contribution in [-0.4, -0.2) is 14.2 Å². The molecule has 0 bridgehead atoms. The SMILES string of the molecule is CCCc1cc2c(c(=O)o1)C(c1cccc(OC)c1OC)C(C#N)=C(N)O2. The summed E-state index contributed by atoms with van der Waals surface area (Å²) in [5, 5.41) is 9.67. The van der Waals surface area contributed by atoms with Crippen molar-refractivity contribution in [3.8, 4) is 23.3 Å². The Balaban J connectivity index is 2.31. The summed E-state index contributed by atoms with van der Waals surface area (Å²) < 4.78 is 21.9. The van der Waals surface area contributed by atoms with Crippen molar-refractivity contribution in [3.63, 3.8) is 0 Å². The first-order valence-corrected chi connectivity index (χ1v) is 8.51. The average molecular weight is 368 g/mol. The average Bonchev–Trinajstić information content (AvgIpc) is 2.66. The molecule has 140 valence electrons. The number of nitrogens with zero attached hydrogens (tertiary/aromatic N) is 1. The van der Waals surface area contributed by atoms with Crippen molar-refractivity contribution in [2.24, 2.45) is 5.73 Å². The first-order chi connectivity index (χ1) is 13.0. The lowest BCUT2D eigenvalue weighted by Crippen LogP contribution is -2.26. The van der Waals surface area contributed by atoms with Gasteiger partial charge < -0.3 is 24.4 Å². The number of para-hydroxylation sites is 1. The van der Waals surface area contributed by atoms with Crippen LogP contribution in [0.5, 0.6) is 17.2 Å². The molecular formula is C20H20N2O5. The third kappa shape index (κ3) is 3.10. The largest absolute Gasteiger partial charge is 0.493 e. The molecule has 1 unspecified atom stereocenters. The van der Waals surface area contributed by atoms with E-state index in [1.165, 1.54) is 14.2 Å². The second kappa shape index (κ2) is 7.46. The topological polar surface area (TPSA) is 108 Å². The van der Waals surface area contributed by atoms with E-state index in [0.29, 0.717) is 35.0 Å². The van der Waals surface area contributed by atoms with Gasteiger partial charge in [0, 0.05) is 18.1 Å². The zero-order valence-electron chi connectivity index (χ0n) is 15.4. The van der Waals surface area contributed by atoms with E-state index in [4.69, 9.17) is 24.4 Å². The molecule has 1 aromatic heterocycles. The summed E-state index contributed by atoms with van der Waals surface area (Å²) in [6.07, 6.45) is 1.40. The first-order valence-electron chi connectivity index (χ1n) is 8.51. The minimum Gasteiger partial charge on any atom is -0.493 e. The van der Waals surface area contributed by atoms with Gasteiger partial charge in [0.05, 0.1) is 25.7 Å². The van der Waals surface area contributed by atoms with Crippen LogP contribution in [0.1, 0.15) is 36.1 Å². The van der Waals surface area contributed by atoms with Crippen molar-refractivity contribution >= 4 is 0 Å². The summed E-state index contributed by atoms with van der Waals surface area (Å²) in [6, 6.07) is 8.95. The predicted octanol–water partition coefficient (Wildman–Crippen LogP) is 2.83. The van der Waals surface area contributed by atoms with Gasteiger partial charge in [-0.1, -0.05) is 19.1 Å². The summed E-state index contributed by atoms with van der Waals surface area (Å²) in [7, 11) is 3.01. The number of benzene rings is 1. The standard InChI is InChI=1S/C20H20N2O5/c1-4-6-11-9-15-17(20(23)26-11)16(13(10-21)19(22)27-15)12-7-5-8-14(24-2)18(12)25-3/h5,7-9,16H,4,6,22H2,1-3H3. The van der Waals surface area contributed by atoms with E-state index in [0.717, 1.165) is 6.42 Å². The summed E-state index contributed by atoms with van der Waals surface area (Å²) in [5.41, 5.74) is 6.33. The monoisotopic (exact) mass is 368 g/mol. The molecule has 2 heterocycles. The van der Waals surface area contributed by atoms with Crippen molar-refractivity contribution in [1.29, 1.82) is 5.26 Å². The molecule has 0 fully saturated rings. The summed E-state index contributed by atoms with van der Waals surface area (Å²) in [6.45, 7) is 1.98. The molecule has 3 rings (SSSR count). The van der Waals surface area contributed by atoms with Gasteiger partial charge in [0.25, 0.3) is 0 Å². The highest BCUT2D eigenvalue weighted by atomic mass is 16.5. The van der Waals surface area contributed by atoms with Crippen molar-refractivity contribution < 1.29 is 18.6 Å². The van der Waals surface area contributed by atoms with Crippen LogP contribution < -0.4 is 25.6 Å². The van der Waals surface area contributed by atoms with E-state index >= 15 is 0 Å². The fourth-order valence-corrected chi connectivity index (χ4v) is 3.27. The highest BCUT2D eigenvalue weighted by Gasteiger charge is 2.36. The highest BCUT2D eigenvalue weighted by molar-refractivity contribution is 5.60. The molecule has 1 aliphatic heterocycles. The molecule has 1 aliphatic rings. The zero-order valence-corrected chi connectivity index (χ0v) is 15.4. The summed E-state index contributed by atoms with van der Waals surface area (Å²) in [4.78, 5) is 12.8. The molecule has 7 nitrogen and oxygen atoms in total. The fourth-order valence-electron chi connectivity index (χ4n) is 3.27. The van der Waals surface area contributed by atoms with Gasteiger partial charge in [-0.15, -0.1) is 0 Å². The molecule has 27 heavy (non-hydrogen) atoms. The first kappa shape index (κ1) is 18.4. The van der Waals surface area contributed by atoms with Crippen LogP contribution in [0, 0.1) is 11.3 Å². The second-order valence-electron chi connectivity index (χ2n) is 6.04. The number of fused-ring (bicyclic) bond motifs is 1. The number of nitriles is 1. The molecule has 2 N–H and O–H groups in total. The Kier molecular flexibility index (Phi) is 5.08. The molecule has 1 atom stereocenters. The van der Waals surface area contributed by atoms with Crippen LogP contribution in [0.3, 0.4) is 0 Å². The fraction of sp³-hybridized carbons (Fsp3) is 0.300. The Hall–Kier alpha value is -3.40. The molecule has 0 aliphatic carbocycles. The van der Waals surface area contributed by atoms with Crippen LogP contribution in [-0.2, 0) is 6.42 Å². The van der Waals surface area contributed by atoms with Crippen LogP contribution in [0.2, 0.25) is 0 Å². The quantitative estimate of drug-likeness (QED) is 0.864. The van der Waals surface area contributed by atoms with E-state index in [1.54, 1.807) is 24.3 Å². The number of aryl methyl sites for hydroxylation is 1. The maximum atomic E-state index is 12.8. The lowest BCUT2D eigenvalue weighted by Gasteiger charge is -2.26. The number of nitrogens with two attached hydrogens (primary N) is 1. The van der Waals surface area contributed by atoms with Gasteiger partial charge in [0.15, 0.2) is 11.5 Å². The normalized spacial score (nSPS) is 15.6. The molecule has 0 saturated carbocycles. The van der Waals surface area contributed by atoms with Gasteiger partial charge in [0.2, 0.25) is 5.88 Å². The number of hydrogen-bond acceptors (Lipinski definition) is 7. The van der Waals surface area contributed by atoms with E-state index < -0.39 is 11.5 Å². The number of allylic oxidation sites excluding steroid dienone is 1. The van der Waals surface area contributed by atoms with Gasteiger partial charge in [-0.2, -0.15) is 5.26 Å². The molecule has 0 saturated heterocycles. The van der Waals surface area contributed by atoms with Crippen LogP contribution >= 0.6 is 0 Å². The van der Waals surface area contributed by atoms with Gasteiger partial charge in [-0.25, -0.2) is 4.79 Å². The maximum absolute atomic E-state index is 12.8. The third-order valence-corrected chi connectivity index (χ3v) is 4.43. The zero-order chi connectivity index (χ0) is 19.6. The molecular weight excluding hydrogens is 348 g/mol. The molecule has 0 spiro atoms. The number of rotatable bonds is 5. The molecule has 0 radical (unpaired) electrons. The minimum absolute atomic E-state index is 0.0482.